The van der Waals surface area contributed by atoms with Gasteiger partial charge < -0.3 is 14.3 Å². The Labute approximate surface area is 332 Å². The Morgan fingerprint density at radius 1 is 0.526 bits per heavy atom. The lowest BCUT2D eigenvalue weighted by molar-refractivity contribution is 0.409. The van der Waals surface area contributed by atoms with Crippen molar-refractivity contribution in [3.8, 4) is 16.8 Å². The lowest BCUT2D eigenvalue weighted by Gasteiger charge is -2.32. The van der Waals surface area contributed by atoms with Gasteiger partial charge in [-0.1, -0.05) is 140 Å². The van der Waals surface area contributed by atoms with Crippen LogP contribution in [0, 0.1) is 0 Å². The molecule has 270 valence electrons. The van der Waals surface area contributed by atoms with Crippen molar-refractivity contribution in [3.05, 3.63) is 199 Å². The van der Waals surface area contributed by atoms with E-state index in [-0.39, 0.29) is 12.3 Å². The molecule has 0 saturated carbocycles. The molecule has 11 aromatic rings. The maximum Gasteiger partial charge on any atom is 0.136 e. The lowest BCUT2D eigenvalue weighted by atomic mass is 9.97. The van der Waals surface area contributed by atoms with E-state index in [1.54, 1.807) is 0 Å². The molecule has 0 amide bonds. The van der Waals surface area contributed by atoms with Crippen molar-refractivity contribution in [2.45, 2.75) is 12.3 Å². The third-order valence-electron chi connectivity index (χ3n) is 11.5. The maximum atomic E-state index is 6.53. The van der Waals surface area contributed by atoms with E-state index in [2.05, 4.69) is 185 Å². The second-order valence-electron chi connectivity index (χ2n) is 14.8. The van der Waals surface area contributed by atoms with Crippen LogP contribution in [0.2, 0.25) is 0 Å². The molecule has 0 bridgehead atoms. The van der Waals surface area contributed by atoms with Crippen LogP contribution in [0.3, 0.4) is 0 Å². The highest BCUT2D eigenvalue weighted by Gasteiger charge is 2.26. The first-order valence-corrected chi connectivity index (χ1v) is 20.2. The zero-order valence-electron chi connectivity index (χ0n) is 30.7. The SMILES string of the molecule is c1ccc(C2=NC(c3ccc4oc5cccc(-c6ccc7c(c6)sc6c(-n8c9ccccc9c9ccccc98)cccc67)c5c4c3)NC(c3ccccc3)N2)cc1. The molecule has 2 unspecified atom stereocenters. The standard InChI is InChI=1S/C51H34N4OS/c1-3-13-31(14-4-1)49-52-50(32-15-5-2-6-16-32)54-51(53-49)34-26-28-44-40(29-34)47-35(19-12-24-45(47)56-44)33-25-27-38-39-20-11-23-43(48(39)57-46(38)30-33)55-41-21-9-7-17-36(41)37-18-8-10-22-42(37)55/h1-30,49,51,53H,(H,52,54). The number of nitrogens with one attached hydrogen (secondary N) is 2. The molecule has 12 rings (SSSR count). The molecule has 0 saturated heterocycles. The van der Waals surface area contributed by atoms with Crippen molar-refractivity contribution in [1.29, 1.82) is 0 Å². The summed E-state index contributed by atoms with van der Waals surface area (Å²) in [4.78, 5) is 5.23. The van der Waals surface area contributed by atoms with Crippen molar-refractivity contribution in [1.82, 2.24) is 15.2 Å². The summed E-state index contributed by atoms with van der Waals surface area (Å²) >= 11 is 1.87. The number of benzene rings is 8. The molecule has 0 radical (unpaired) electrons. The van der Waals surface area contributed by atoms with Gasteiger partial charge in [0.25, 0.3) is 0 Å². The minimum atomic E-state index is -0.271. The lowest BCUT2D eigenvalue weighted by Crippen LogP contribution is -2.44. The van der Waals surface area contributed by atoms with Crippen LogP contribution in [0.1, 0.15) is 29.0 Å². The Hall–Kier alpha value is -6.99. The number of aromatic nitrogens is 1. The average Bonchev–Trinajstić information content (AvgIpc) is 3.96. The molecule has 2 atom stereocenters. The van der Waals surface area contributed by atoms with Crippen LogP contribution < -0.4 is 10.6 Å². The third kappa shape index (κ3) is 5.15. The molecule has 5 nitrogen and oxygen atoms in total. The first-order valence-electron chi connectivity index (χ1n) is 19.4. The molecule has 6 heteroatoms. The van der Waals surface area contributed by atoms with E-state index in [0.29, 0.717) is 0 Å². The number of amidine groups is 1. The smallest absolute Gasteiger partial charge is 0.136 e. The zero-order valence-corrected chi connectivity index (χ0v) is 31.5. The summed E-state index contributed by atoms with van der Waals surface area (Å²) in [6.45, 7) is 0. The highest BCUT2D eigenvalue weighted by Crippen LogP contribution is 2.44. The molecule has 0 spiro atoms. The van der Waals surface area contributed by atoms with E-state index < -0.39 is 0 Å². The maximum absolute atomic E-state index is 6.53. The number of fused-ring (bicyclic) bond motifs is 9. The number of hydrogen-bond acceptors (Lipinski definition) is 5. The van der Waals surface area contributed by atoms with Gasteiger partial charge in [0.15, 0.2) is 0 Å². The van der Waals surface area contributed by atoms with Crippen LogP contribution in [-0.4, -0.2) is 10.4 Å². The summed E-state index contributed by atoms with van der Waals surface area (Å²) < 4.78 is 11.5. The molecule has 0 fully saturated rings. The summed E-state index contributed by atoms with van der Waals surface area (Å²) in [7, 11) is 0. The van der Waals surface area contributed by atoms with Crippen LogP contribution in [0.25, 0.3) is 80.7 Å². The number of thiophene rings is 1. The molecule has 0 aliphatic carbocycles. The van der Waals surface area contributed by atoms with E-state index in [9.17, 15) is 0 Å². The van der Waals surface area contributed by atoms with Gasteiger partial charge in [-0.3, -0.25) is 5.32 Å². The van der Waals surface area contributed by atoms with Crippen molar-refractivity contribution in [2.75, 3.05) is 0 Å². The number of nitrogens with zero attached hydrogens (tertiary/aromatic N) is 2. The van der Waals surface area contributed by atoms with Crippen LogP contribution in [0.15, 0.2) is 191 Å². The summed E-state index contributed by atoms with van der Waals surface area (Å²) in [6, 6.07) is 64.9. The molecule has 2 N–H and O–H groups in total. The Morgan fingerprint density at radius 2 is 1.25 bits per heavy atom. The van der Waals surface area contributed by atoms with Crippen LogP contribution in [0.4, 0.5) is 0 Å². The summed E-state index contributed by atoms with van der Waals surface area (Å²) in [5.74, 6) is 0.865. The number of rotatable bonds is 5. The van der Waals surface area contributed by atoms with Crippen molar-refractivity contribution >= 4 is 81.1 Å². The van der Waals surface area contributed by atoms with Crippen LogP contribution in [0.5, 0.6) is 0 Å². The van der Waals surface area contributed by atoms with Gasteiger partial charge >= 0.3 is 0 Å². The van der Waals surface area contributed by atoms with E-state index in [1.807, 2.05) is 23.5 Å². The highest BCUT2D eigenvalue weighted by atomic mass is 32.1. The van der Waals surface area contributed by atoms with Gasteiger partial charge in [-0.15, -0.1) is 11.3 Å². The van der Waals surface area contributed by atoms with Crippen LogP contribution in [-0.2, 0) is 0 Å². The second kappa shape index (κ2) is 12.8. The minimum absolute atomic E-state index is 0.111. The Morgan fingerprint density at radius 3 is 2.05 bits per heavy atom. The molecule has 8 aromatic carbocycles. The largest absolute Gasteiger partial charge is 0.456 e. The third-order valence-corrected chi connectivity index (χ3v) is 12.7. The van der Waals surface area contributed by atoms with Gasteiger partial charge in [0.2, 0.25) is 0 Å². The van der Waals surface area contributed by atoms with Crippen molar-refractivity contribution in [3.63, 3.8) is 0 Å². The van der Waals surface area contributed by atoms with E-state index in [0.717, 1.165) is 50.0 Å². The van der Waals surface area contributed by atoms with Crippen molar-refractivity contribution < 1.29 is 4.42 Å². The highest BCUT2D eigenvalue weighted by molar-refractivity contribution is 7.26. The minimum Gasteiger partial charge on any atom is -0.456 e. The van der Waals surface area contributed by atoms with E-state index in [4.69, 9.17) is 9.41 Å². The Balaban J connectivity index is 0.991. The summed E-state index contributed by atoms with van der Waals surface area (Å²) in [6.07, 6.45) is -0.383. The quantitative estimate of drug-likeness (QED) is 0.184. The molecule has 4 heterocycles. The molecular weight excluding hydrogens is 717 g/mol. The summed E-state index contributed by atoms with van der Waals surface area (Å²) in [5, 5.41) is 14.7. The van der Waals surface area contributed by atoms with E-state index in [1.165, 1.54) is 53.2 Å². The molecular formula is C51H34N4OS. The Kier molecular flexibility index (Phi) is 7.24. The molecule has 3 aromatic heterocycles. The zero-order chi connectivity index (χ0) is 37.5. The molecule has 1 aliphatic heterocycles. The topological polar surface area (TPSA) is 54.5 Å². The molecule has 1 aliphatic rings. The first-order chi connectivity index (χ1) is 28.2. The fourth-order valence-electron chi connectivity index (χ4n) is 8.85. The van der Waals surface area contributed by atoms with Gasteiger partial charge in [0.1, 0.15) is 29.3 Å². The van der Waals surface area contributed by atoms with Crippen molar-refractivity contribution in [2.24, 2.45) is 4.99 Å². The van der Waals surface area contributed by atoms with Gasteiger partial charge in [0.05, 0.1) is 21.4 Å². The van der Waals surface area contributed by atoms with Gasteiger partial charge in [-0.25, -0.2) is 4.99 Å². The Bertz CT molecular complexity index is 3320. The van der Waals surface area contributed by atoms with Gasteiger partial charge in [-0.2, -0.15) is 0 Å². The predicted molar refractivity (Wildman–Crippen MR) is 238 cm³/mol. The van der Waals surface area contributed by atoms with E-state index >= 15 is 0 Å². The number of aliphatic imine (C=N–C) groups is 1. The predicted octanol–water partition coefficient (Wildman–Crippen LogP) is 13.1. The van der Waals surface area contributed by atoms with Crippen LogP contribution >= 0.6 is 11.3 Å². The fourth-order valence-corrected chi connectivity index (χ4v) is 10.1. The number of furan rings is 1. The average molecular weight is 751 g/mol. The fraction of sp³-hybridized carbons (Fsp3) is 0.0392. The first kappa shape index (κ1) is 32.3. The van der Waals surface area contributed by atoms with Gasteiger partial charge in [-0.05, 0) is 64.7 Å². The summed E-state index contributed by atoms with van der Waals surface area (Å²) in [5.41, 5.74) is 11.0. The normalized spacial score (nSPS) is 15.9. The number of hydrogen-bond donors (Lipinski definition) is 2. The van der Waals surface area contributed by atoms with Gasteiger partial charge in [0, 0.05) is 42.6 Å². The second-order valence-corrected chi connectivity index (χ2v) is 15.8. The number of para-hydroxylation sites is 2. The monoisotopic (exact) mass is 750 g/mol. The molecule has 57 heavy (non-hydrogen) atoms.